The molecule has 0 aliphatic heterocycles. The van der Waals surface area contributed by atoms with Crippen LogP contribution in [0.4, 0.5) is 5.13 Å². The van der Waals surface area contributed by atoms with E-state index in [4.69, 9.17) is 0 Å². The SMILES string of the molecule is CCSc1nnc(NC(=O)CN(C)CCn2ccnc2C)s1. The molecule has 2 aromatic heterocycles. The molecule has 0 atom stereocenters. The zero-order valence-corrected chi connectivity index (χ0v) is 14.6. The lowest BCUT2D eigenvalue weighted by atomic mass is 10.4. The van der Waals surface area contributed by atoms with Gasteiger partial charge in [0.1, 0.15) is 5.82 Å². The maximum Gasteiger partial charge on any atom is 0.240 e. The Kier molecular flexibility index (Phi) is 6.34. The third kappa shape index (κ3) is 5.08. The van der Waals surface area contributed by atoms with Crippen LogP contribution in [0.3, 0.4) is 0 Å². The fraction of sp³-hybridized carbons (Fsp3) is 0.538. The quantitative estimate of drug-likeness (QED) is 0.582. The number of imidazole rings is 1. The van der Waals surface area contributed by atoms with Gasteiger partial charge in [-0.15, -0.1) is 10.2 Å². The summed E-state index contributed by atoms with van der Waals surface area (Å²) in [6.45, 7) is 5.93. The summed E-state index contributed by atoms with van der Waals surface area (Å²) in [5.74, 6) is 1.85. The highest BCUT2D eigenvalue weighted by Gasteiger charge is 2.10. The number of nitrogens with zero attached hydrogens (tertiary/aromatic N) is 5. The van der Waals surface area contributed by atoms with Crippen molar-refractivity contribution in [3.63, 3.8) is 0 Å². The van der Waals surface area contributed by atoms with Gasteiger partial charge in [-0.1, -0.05) is 30.0 Å². The summed E-state index contributed by atoms with van der Waals surface area (Å²) in [7, 11) is 1.92. The first kappa shape index (κ1) is 16.9. The molecule has 0 spiro atoms. The topological polar surface area (TPSA) is 75.9 Å². The number of thioether (sulfide) groups is 1. The molecule has 22 heavy (non-hydrogen) atoms. The number of carbonyl (C=O) groups excluding carboxylic acids is 1. The van der Waals surface area contributed by atoms with Crippen LogP contribution < -0.4 is 5.32 Å². The van der Waals surface area contributed by atoms with Gasteiger partial charge in [0.05, 0.1) is 6.54 Å². The third-order valence-electron chi connectivity index (χ3n) is 2.98. The zero-order chi connectivity index (χ0) is 15.9. The fourth-order valence-electron chi connectivity index (χ4n) is 1.84. The maximum atomic E-state index is 12.0. The number of nitrogens with one attached hydrogen (secondary N) is 1. The minimum absolute atomic E-state index is 0.0750. The maximum absolute atomic E-state index is 12.0. The van der Waals surface area contributed by atoms with Gasteiger partial charge in [-0.3, -0.25) is 15.0 Å². The van der Waals surface area contributed by atoms with Crippen LogP contribution in [0, 0.1) is 6.92 Å². The van der Waals surface area contributed by atoms with Gasteiger partial charge in [0.15, 0.2) is 4.34 Å². The number of likely N-dealkylation sites (N-methyl/N-ethyl adjacent to an activating group) is 1. The van der Waals surface area contributed by atoms with Gasteiger partial charge in [0.2, 0.25) is 11.0 Å². The van der Waals surface area contributed by atoms with Gasteiger partial charge < -0.3 is 4.57 Å². The summed E-state index contributed by atoms with van der Waals surface area (Å²) < 4.78 is 2.94. The average molecular weight is 340 g/mol. The number of hydrogen-bond acceptors (Lipinski definition) is 7. The van der Waals surface area contributed by atoms with Crippen LogP contribution in [0.5, 0.6) is 0 Å². The number of rotatable bonds is 8. The molecule has 0 aromatic carbocycles. The van der Waals surface area contributed by atoms with E-state index in [1.165, 1.54) is 11.3 Å². The first-order chi connectivity index (χ1) is 10.6. The molecule has 0 aliphatic rings. The largest absolute Gasteiger partial charge is 0.334 e. The first-order valence-corrected chi connectivity index (χ1v) is 8.81. The lowest BCUT2D eigenvalue weighted by molar-refractivity contribution is -0.117. The molecule has 120 valence electrons. The second kappa shape index (κ2) is 8.25. The van der Waals surface area contributed by atoms with E-state index >= 15 is 0 Å². The zero-order valence-electron chi connectivity index (χ0n) is 12.9. The molecule has 1 amide bonds. The summed E-state index contributed by atoms with van der Waals surface area (Å²) in [5.41, 5.74) is 0. The van der Waals surface area contributed by atoms with Gasteiger partial charge in [0, 0.05) is 25.5 Å². The van der Waals surface area contributed by atoms with Crippen molar-refractivity contribution in [3.05, 3.63) is 18.2 Å². The lowest BCUT2D eigenvalue weighted by Crippen LogP contribution is -2.32. The monoisotopic (exact) mass is 340 g/mol. The van der Waals surface area contributed by atoms with Crippen LogP contribution in [0.1, 0.15) is 12.7 Å². The van der Waals surface area contributed by atoms with E-state index < -0.39 is 0 Å². The summed E-state index contributed by atoms with van der Waals surface area (Å²) in [4.78, 5) is 18.1. The van der Waals surface area contributed by atoms with Crippen molar-refractivity contribution >= 4 is 34.1 Å². The van der Waals surface area contributed by atoms with Crippen LogP contribution in [-0.2, 0) is 11.3 Å². The van der Waals surface area contributed by atoms with Crippen LogP contribution in [0.2, 0.25) is 0 Å². The predicted octanol–water partition coefficient (Wildman–Crippen LogP) is 1.73. The Morgan fingerprint density at radius 1 is 1.50 bits per heavy atom. The highest BCUT2D eigenvalue weighted by Crippen LogP contribution is 2.24. The number of anilines is 1. The van der Waals surface area contributed by atoms with Gasteiger partial charge in [-0.2, -0.15) is 0 Å². The van der Waals surface area contributed by atoms with E-state index in [0.29, 0.717) is 11.7 Å². The molecular weight excluding hydrogens is 320 g/mol. The van der Waals surface area contributed by atoms with Crippen molar-refractivity contribution in [2.45, 2.75) is 24.7 Å². The molecule has 1 N–H and O–H groups in total. The molecule has 9 heteroatoms. The molecular formula is C13H20N6OS2. The van der Waals surface area contributed by atoms with Crippen molar-refractivity contribution in [1.29, 1.82) is 0 Å². The molecule has 0 saturated carbocycles. The van der Waals surface area contributed by atoms with E-state index in [-0.39, 0.29) is 5.91 Å². The predicted molar refractivity (Wildman–Crippen MR) is 89.4 cm³/mol. The molecule has 7 nitrogen and oxygen atoms in total. The normalized spacial score (nSPS) is 11.1. The van der Waals surface area contributed by atoms with Crippen molar-refractivity contribution in [1.82, 2.24) is 24.6 Å². The Balaban J connectivity index is 1.74. The smallest absolute Gasteiger partial charge is 0.240 e. The number of aryl methyl sites for hydroxylation is 1. The first-order valence-electron chi connectivity index (χ1n) is 7.01. The molecule has 0 fully saturated rings. The number of aromatic nitrogens is 4. The average Bonchev–Trinajstić information content (AvgIpc) is 3.06. The van der Waals surface area contributed by atoms with Crippen molar-refractivity contribution < 1.29 is 4.79 Å². The van der Waals surface area contributed by atoms with Crippen molar-refractivity contribution in [2.75, 3.05) is 31.2 Å². The molecule has 0 unspecified atom stereocenters. The van der Waals surface area contributed by atoms with Crippen LogP contribution in [0.15, 0.2) is 16.7 Å². The van der Waals surface area contributed by atoms with E-state index in [1.54, 1.807) is 18.0 Å². The minimum Gasteiger partial charge on any atom is -0.334 e. The molecule has 2 heterocycles. The summed E-state index contributed by atoms with van der Waals surface area (Å²) in [6, 6.07) is 0. The number of hydrogen-bond donors (Lipinski definition) is 1. The van der Waals surface area contributed by atoms with E-state index in [2.05, 4.69) is 32.0 Å². The molecule has 2 aromatic rings. The van der Waals surface area contributed by atoms with Gasteiger partial charge in [-0.05, 0) is 19.7 Å². The number of carbonyl (C=O) groups is 1. The van der Waals surface area contributed by atoms with Gasteiger partial charge >= 0.3 is 0 Å². The Morgan fingerprint density at radius 3 is 3.00 bits per heavy atom. The van der Waals surface area contributed by atoms with Gasteiger partial charge in [0.25, 0.3) is 0 Å². The van der Waals surface area contributed by atoms with E-state index in [0.717, 1.165) is 29.0 Å². The van der Waals surface area contributed by atoms with E-state index in [9.17, 15) is 4.79 Å². The molecule has 0 radical (unpaired) electrons. The third-order valence-corrected chi connectivity index (χ3v) is 4.83. The summed E-state index contributed by atoms with van der Waals surface area (Å²) in [6.07, 6.45) is 3.72. The second-order valence-corrected chi connectivity index (χ2v) is 7.25. The Morgan fingerprint density at radius 2 is 2.32 bits per heavy atom. The second-order valence-electron chi connectivity index (χ2n) is 4.76. The Bertz CT molecular complexity index is 611. The van der Waals surface area contributed by atoms with Crippen LogP contribution >= 0.6 is 23.1 Å². The fourth-order valence-corrected chi connectivity index (χ4v) is 3.51. The van der Waals surface area contributed by atoms with Crippen LogP contribution in [0.25, 0.3) is 0 Å². The highest BCUT2D eigenvalue weighted by molar-refractivity contribution is 8.01. The Labute approximate surface area is 138 Å². The minimum atomic E-state index is -0.0750. The van der Waals surface area contributed by atoms with Crippen molar-refractivity contribution in [3.8, 4) is 0 Å². The standard InChI is InChI=1S/C13H20N6OS2/c1-4-21-13-17-16-12(22-13)15-11(20)9-18(3)7-8-19-6-5-14-10(19)2/h5-6H,4,7-9H2,1-3H3,(H,15,16,20). The lowest BCUT2D eigenvalue weighted by Gasteiger charge is -2.16. The Hall–Kier alpha value is -1.45. The summed E-state index contributed by atoms with van der Waals surface area (Å²) >= 11 is 3.02. The van der Waals surface area contributed by atoms with E-state index in [1.807, 2.05) is 25.1 Å². The van der Waals surface area contributed by atoms with Gasteiger partial charge in [-0.25, -0.2) is 4.98 Å². The number of amides is 1. The summed E-state index contributed by atoms with van der Waals surface area (Å²) in [5, 5.41) is 11.3. The molecule has 0 aliphatic carbocycles. The highest BCUT2D eigenvalue weighted by atomic mass is 32.2. The molecule has 2 rings (SSSR count). The van der Waals surface area contributed by atoms with Crippen LogP contribution in [-0.4, -0.2) is 56.4 Å². The molecule has 0 saturated heterocycles. The molecule has 0 bridgehead atoms. The van der Waals surface area contributed by atoms with Crippen molar-refractivity contribution in [2.24, 2.45) is 0 Å².